The van der Waals surface area contributed by atoms with Gasteiger partial charge in [0.15, 0.2) is 0 Å². The summed E-state index contributed by atoms with van der Waals surface area (Å²) in [6.45, 7) is 0.460. The van der Waals surface area contributed by atoms with E-state index in [4.69, 9.17) is 0 Å². The lowest BCUT2D eigenvalue weighted by Gasteiger charge is -2.16. The molecule has 0 aliphatic rings. The summed E-state index contributed by atoms with van der Waals surface area (Å²) in [6, 6.07) is 8.39. The predicted octanol–water partition coefficient (Wildman–Crippen LogP) is 4.46. The molecule has 3 aromatic rings. The SMILES string of the molecule is CN(Cc1ccsc1)C(=O)CSc1nc(C(F)(F)F)nc2ccccc12. The van der Waals surface area contributed by atoms with Crippen molar-refractivity contribution in [3.05, 3.63) is 52.5 Å². The third-order valence-electron chi connectivity index (χ3n) is 3.58. The number of aromatic nitrogens is 2. The Labute approximate surface area is 156 Å². The minimum Gasteiger partial charge on any atom is -0.341 e. The highest BCUT2D eigenvalue weighted by Gasteiger charge is 2.35. The highest BCUT2D eigenvalue weighted by atomic mass is 32.2. The second-order valence-electron chi connectivity index (χ2n) is 5.54. The molecule has 0 fully saturated rings. The van der Waals surface area contributed by atoms with E-state index >= 15 is 0 Å². The number of amides is 1. The highest BCUT2D eigenvalue weighted by Crippen LogP contribution is 2.32. The number of nitrogens with zero attached hydrogens (tertiary/aromatic N) is 3. The molecule has 26 heavy (non-hydrogen) atoms. The molecule has 2 aromatic heterocycles. The Morgan fingerprint density at radius 1 is 1.23 bits per heavy atom. The summed E-state index contributed by atoms with van der Waals surface area (Å²) >= 11 is 2.53. The number of carbonyl (C=O) groups excluding carboxylic acids is 1. The van der Waals surface area contributed by atoms with Gasteiger partial charge in [0.25, 0.3) is 0 Å². The van der Waals surface area contributed by atoms with Crippen LogP contribution < -0.4 is 0 Å². The van der Waals surface area contributed by atoms with E-state index in [1.807, 2.05) is 16.8 Å². The zero-order valence-electron chi connectivity index (χ0n) is 13.7. The lowest BCUT2D eigenvalue weighted by Crippen LogP contribution is -2.27. The van der Waals surface area contributed by atoms with Crippen molar-refractivity contribution in [2.45, 2.75) is 17.7 Å². The van der Waals surface area contributed by atoms with Crippen LogP contribution in [-0.4, -0.2) is 33.6 Å². The first-order valence-electron chi connectivity index (χ1n) is 7.56. The summed E-state index contributed by atoms with van der Waals surface area (Å²) in [4.78, 5) is 21.1. The van der Waals surface area contributed by atoms with Crippen molar-refractivity contribution in [3.63, 3.8) is 0 Å². The minimum absolute atomic E-state index is 0.00105. The molecule has 4 nitrogen and oxygen atoms in total. The maximum absolute atomic E-state index is 13.0. The summed E-state index contributed by atoms with van der Waals surface area (Å²) in [5, 5.41) is 4.53. The summed E-state index contributed by atoms with van der Waals surface area (Å²) in [6.07, 6.45) is -4.64. The van der Waals surface area contributed by atoms with Gasteiger partial charge in [0.1, 0.15) is 5.03 Å². The van der Waals surface area contributed by atoms with Crippen molar-refractivity contribution < 1.29 is 18.0 Å². The van der Waals surface area contributed by atoms with Gasteiger partial charge >= 0.3 is 6.18 Å². The van der Waals surface area contributed by atoms with Crippen molar-refractivity contribution >= 4 is 39.9 Å². The van der Waals surface area contributed by atoms with Crippen molar-refractivity contribution in [1.82, 2.24) is 14.9 Å². The van der Waals surface area contributed by atoms with Crippen LogP contribution in [0.3, 0.4) is 0 Å². The van der Waals surface area contributed by atoms with Gasteiger partial charge in [0.05, 0.1) is 11.3 Å². The molecule has 0 aliphatic carbocycles. The zero-order chi connectivity index (χ0) is 18.7. The highest BCUT2D eigenvalue weighted by molar-refractivity contribution is 8.00. The first kappa shape index (κ1) is 18.7. The number of hydrogen-bond donors (Lipinski definition) is 0. The lowest BCUT2D eigenvalue weighted by molar-refractivity contribution is -0.145. The largest absolute Gasteiger partial charge is 0.451 e. The molecule has 0 bridgehead atoms. The Morgan fingerprint density at radius 3 is 2.69 bits per heavy atom. The maximum Gasteiger partial charge on any atom is 0.451 e. The van der Waals surface area contributed by atoms with Crippen LogP contribution in [0.2, 0.25) is 0 Å². The topological polar surface area (TPSA) is 46.1 Å². The molecule has 1 amide bonds. The van der Waals surface area contributed by atoms with E-state index in [1.165, 1.54) is 6.07 Å². The van der Waals surface area contributed by atoms with Crippen LogP contribution in [0.15, 0.2) is 46.1 Å². The third kappa shape index (κ3) is 4.34. The number of halogens is 3. The molecule has 1 aromatic carbocycles. The predicted molar refractivity (Wildman–Crippen MR) is 96.1 cm³/mol. The average molecular weight is 397 g/mol. The van der Waals surface area contributed by atoms with Gasteiger partial charge < -0.3 is 4.90 Å². The van der Waals surface area contributed by atoms with E-state index in [0.717, 1.165) is 17.3 Å². The number of hydrogen-bond acceptors (Lipinski definition) is 5. The van der Waals surface area contributed by atoms with Crippen LogP contribution in [0, 0.1) is 0 Å². The molecule has 2 heterocycles. The second kappa shape index (κ2) is 7.63. The fraction of sp³-hybridized carbons (Fsp3) is 0.235. The van der Waals surface area contributed by atoms with Crippen molar-refractivity contribution in [3.8, 4) is 0 Å². The lowest BCUT2D eigenvalue weighted by atomic mass is 10.2. The van der Waals surface area contributed by atoms with Gasteiger partial charge in [-0.2, -0.15) is 24.5 Å². The number of benzene rings is 1. The number of thiophene rings is 1. The number of thioether (sulfide) groups is 1. The van der Waals surface area contributed by atoms with Gasteiger partial charge in [-0.15, -0.1) is 0 Å². The minimum atomic E-state index is -4.64. The van der Waals surface area contributed by atoms with Crippen molar-refractivity contribution in [1.29, 1.82) is 0 Å². The molecule has 0 N–H and O–H groups in total. The van der Waals surface area contributed by atoms with E-state index in [1.54, 1.807) is 41.5 Å². The van der Waals surface area contributed by atoms with Gasteiger partial charge in [0, 0.05) is 19.0 Å². The zero-order valence-corrected chi connectivity index (χ0v) is 15.3. The Kier molecular flexibility index (Phi) is 5.47. The Balaban J connectivity index is 1.78. The maximum atomic E-state index is 13.0. The molecule has 0 unspecified atom stereocenters. The van der Waals surface area contributed by atoms with E-state index in [2.05, 4.69) is 9.97 Å². The van der Waals surface area contributed by atoms with E-state index in [0.29, 0.717) is 11.9 Å². The molecule has 0 atom stereocenters. The molecule has 0 saturated carbocycles. The van der Waals surface area contributed by atoms with E-state index < -0.39 is 12.0 Å². The number of para-hydroxylation sites is 1. The molecule has 0 saturated heterocycles. The van der Waals surface area contributed by atoms with Crippen LogP contribution in [0.1, 0.15) is 11.4 Å². The molecule has 136 valence electrons. The number of carbonyl (C=O) groups is 1. The molecular formula is C17H14F3N3OS2. The number of fused-ring (bicyclic) bond motifs is 1. The molecular weight excluding hydrogens is 383 g/mol. The fourth-order valence-electron chi connectivity index (χ4n) is 2.27. The van der Waals surface area contributed by atoms with Crippen molar-refractivity contribution in [2.75, 3.05) is 12.8 Å². The second-order valence-corrected chi connectivity index (χ2v) is 7.28. The quantitative estimate of drug-likeness (QED) is 0.471. The van der Waals surface area contributed by atoms with Crippen LogP contribution in [-0.2, 0) is 17.5 Å². The van der Waals surface area contributed by atoms with Crippen LogP contribution in [0.4, 0.5) is 13.2 Å². The molecule has 0 spiro atoms. The summed E-state index contributed by atoms with van der Waals surface area (Å²) < 4.78 is 39.1. The van der Waals surface area contributed by atoms with Crippen LogP contribution in [0.5, 0.6) is 0 Å². The summed E-state index contributed by atoms with van der Waals surface area (Å²) in [7, 11) is 1.67. The number of rotatable bonds is 5. The third-order valence-corrected chi connectivity index (χ3v) is 5.29. The van der Waals surface area contributed by atoms with Crippen LogP contribution >= 0.6 is 23.1 Å². The van der Waals surface area contributed by atoms with Gasteiger partial charge in [0.2, 0.25) is 11.7 Å². The van der Waals surface area contributed by atoms with E-state index in [9.17, 15) is 18.0 Å². The first-order valence-corrected chi connectivity index (χ1v) is 9.49. The summed E-state index contributed by atoms with van der Waals surface area (Å²) in [5.74, 6) is -1.38. The van der Waals surface area contributed by atoms with Gasteiger partial charge in [-0.25, -0.2) is 9.97 Å². The summed E-state index contributed by atoms with van der Waals surface area (Å²) in [5.41, 5.74) is 1.22. The van der Waals surface area contributed by atoms with Gasteiger partial charge in [-0.05, 0) is 28.5 Å². The normalized spacial score (nSPS) is 11.7. The van der Waals surface area contributed by atoms with Crippen LogP contribution in [0.25, 0.3) is 10.9 Å². The monoisotopic (exact) mass is 397 g/mol. The Bertz CT molecular complexity index is 913. The average Bonchev–Trinajstić information content (AvgIpc) is 3.11. The standard InChI is InChI=1S/C17H14F3N3OS2/c1-23(8-11-6-7-25-9-11)14(24)10-26-15-12-4-2-3-5-13(12)21-16(22-15)17(18,19)20/h2-7,9H,8,10H2,1H3. The number of alkyl halides is 3. The van der Waals surface area contributed by atoms with Crippen molar-refractivity contribution in [2.24, 2.45) is 0 Å². The molecule has 0 radical (unpaired) electrons. The van der Waals surface area contributed by atoms with E-state index in [-0.39, 0.29) is 22.2 Å². The Hall–Kier alpha value is -2.13. The van der Waals surface area contributed by atoms with Gasteiger partial charge in [-0.3, -0.25) is 4.79 Å². The molecule has 3 rings (SSSR count). The first-order chi connectivity index (χ1) is 12.3. The molecule has 0 aliphatic heterocycles. The fourth-order valence-corrected chi connectivity index (χ4v) is 3.89. The Morgan fingerprint density at radius 2 is 2.00 bits per heavy atom. The smallest absolute Gasteiger partial charge is 0.341 e. The molecule has 9 heteroatoms. The van der Waals surface area contributed by atoms with Gasteiger partial charge in [-0.1, -0.05) is 30.0 Å².